The zero-order chi connectivity index (χ0) is 16.2. The van der Waals surface area contributed by atoms with E-state index >= 15 is 0 Å². The zero-order valence-electron chi connectivity index (χ0n) is 11.8. The SMILES string of the molecule is O=C(COc1ccccc1Cl)Oc1ccc2ccc(=O)oc2c1. The van der Waals surface area contributed by atoms with Gasteiger partial charge in [-0.05, 0) is 30.3 Å². The van der Waals surface area contributed by atoms with E-state index in [1.807, 2.05) is 0 Å². The molecule has 0 N–H and O–H groups in total. The van der Waals surface area contributed by atoms with Crippen molar-refractivity contribution in [3.8, 4) is 11.5 Å². The van der Waals surface area contributed by atoms with E-state index in [9.17, 15) is 9.59 Å². The third-order valence-corrected chi connectivity index (χ3v) is 3.32. The number of benzene rings is 2. The molecule has 0 spiro atoms. The molecule has 2 aromatic carbocycles. The fourth-order valence-corrected chi connectivity index (χ4v) is 2.15. The highest BCUT2D eigenvalue weighted by Gasteiger charge is 2.09. The van der Waals surface area contributed by atoms with Gasteiger partial charge in [-0.3, -0.25) is 0 Å². The van der Waals surface area contributed by atoms with Gasteiger partial charge in [0.1, 0.15) is 17.1 Å². The summed E-state index contributed by atoms with van der Waals surface area (Å²) in [6.45, 7) is -0.291. The minimum Gasteiger partial charge on any atom is -0.480 e. The molecule has 0 saturated carbocycles. The zero-order valence-corrected chi connectivity index (χ0v) is 12.6. The van der Waals surface area contributed by atoms with Crippen LogP contribution in [0.3, 0.4) is 0 Å². The van der Waals surface area contributed by atoms with Gasteiger partial charge < -0.3 is 13.9 Å². The summed E-state index contributed by atoms with van der Waals surface area (Å²) >= 11 is 5.93. The van der Waals surface area contributed by atoms with Crippen molar-refractivity contribution in [2.75, 3.05) is 6.61 Å². The molecule has 116 valence electrons. The smallest absolute Gasteiger partial charge is 0.349 e. The minimum atomic E-state index is -0.595. The van der Waals surface area contributed by atoms with E-state index in [4.69, 9.17) is 25.5 Å². The summed E-state index contributed by atoms with van der Waals surface area (Å²) in [5, 5.41) is 1.14. The molecule has 6 heteroatoms. The number of hydrogen-bond donors (Lipinski definition) is 0. The average Bonchev–Trinajstić information content (AvgIpc) is 2.54. The summed E-state index contributed by atoms with van der Waals surface area (Å²) in [5.41, 5.74) is -0.127. The predicted octanol–water partition coefficient (Wildman–Crippen LogP) is 3.43. The van der Waals surface area contributed by atoms with Gasteiger partial charge in [0.05, 0.1) is 5.02 Å². The lowest BCUT2D eigenvalue weighted by Crippen LogP contribution is -2.17. The van der Waals surface area contributed by atoms with Gasteiger partial charge in [-0.1, -0.05) is 23.7 Å². The molecule has 0 atom stereocenters. The van der Waals surface area contributed by atoms with Crippen molar-refractivity contribution in [3.63, 3.8) is 0 Å². The Labute approximate surface area is 136 Å². The van der Waals surface area contributed by atoms with Crippen LogP contribution in [0.25, 0.3) is 11.0 Å². The number of carbonyl (C=O) groups excluding carboxylic acids is 1. The van der Waals surface area contributed by atoms with Crippen LogP contribution in [0.5, 0.6) is 11.5 Å². The summed E-state index contributed by atoms with van der Waals surface area (Å²) in [6, 6.07) is 14.6. The maximum Gasteiger partial charge on any atom is 0.349 e. The van der Waals surface area contributed by atoms with Crippen molar-refractivity contribution >= 4 is 28.5 Å². The first-order valence-electron chi connectivity index (χ1n) is 6.74. The number of hydrogen-bond acceptors (Lipinski definition) is 5. The molecular weight excluding hydrogens is 320 g/mol. The van der Waals surface area contributed by atoms with Gasteiger partial charge in [0, 0.05) is 17.5 Å². The molecule has 5 nitrogen and oxygen atoms in total. The highest BCUT2D eigenvalue weighted by Crippen LogP contribution is 2.23. The summed E-state index contributed by atoms with van der Waals surface area (Å²) in [6.07, 6.45) is 0. The lowest BCUT2D eigenvalue weighted by Gasteiger charge is -2.08. The van der Waals surface area contributed by atoms with Crippen LogP contribution in [0.15, 0.2) is 63.8 Å². The average molecular weight is 331 g/mol. The highest BCUT2D eigenvalue weighted by molar-refractivity contribution is 6.32. The van der Waals surface area contributed by atoms with E-state index in [0.29, 0.717) is 16.4 Å². The van der Waals surface area contributed by atoms with Crippen LogP contribution in [0.2, 0.25) is 5.02 Å². The van der Waals surface area contributed by atoms with Crippen molar-refractivity contribution in [1.29, 1.82) is 0 Å². The van der Waals surface area contributed by atoms with E-state index in [-0.39, 0.29) is 12.4 Å². The van der Waals surface area contributed by atoms with Crippen molar-refractivity contribution in [2.24, 2.45) is 0 Å². The molecule has 23 heavy (non-hydrogen) atoms. The number of rotatable bonds is 4. The normalized spacial score (nSPS) is 10.5. The minimum absolute atomic E-state index is 0.264. The number of halogens is 1. The Morgan fingerprint density at radius 1 is 1.09 bits per heavy atom. The molecule has 0 bridgehead atoms. The summed E-state index contributed by atoms with van der Waals surface area (Å²) in [5.74, 6) is 0.0674. The van der Waals surface area contributed by atoms with Gasteiger partial charge in [-0.2, -0.15) is 0 Å². The third-order valence-electron chi connectivity index (χ3n) is 3.01. The molecule has 0 unspecified atom stereocenters. The first kappa shape index (κ1) is 15.1. The Balaban J connectivity index is 1.68. The van der Waals surface area contributed by atoms with Gasteiger partial charge in [-0.15, -0.1) is 0 Å². The Hall–Kier alpha value is -2.79. The van der Waals surface area contributed by atoms with Crippen molar-refractivity contribution in [3.05, 3.63) is 70.0 Å². The van der Waals surface area contributed by atoms with Gasteiger partial charge in [0.15, 0.2) is 6.61 Å². The number of esters is 1. The lowest BCUT2D eigenvalue weighted by molar-refractivity contribution is -0.136. The van der Waals surface area contributed by atoms with Crippen LogP contribution in [0.4, 0.5) is 0 Å². The molecule has 3 aromatic rings. The molecule has 0 aliphatic rings. The molecule has 0 radical (unpaired) electrons. The van der Waals surface area contributed by atoms with E-state index in [0.717, 1.165) is 5.39 Å². The van der Waals surface area contributed by atoms with Gasteiger partial charge >= 0.3 is 11.6 Å². The third kappa shape index (κ3) is 3.70. The topological polar surface area (TPSA) is 65.7 Å². The molecule has 0 amide bonds. The number of para-hydroxylation sites is 1. The van der Waals surface area contributed by atoms with E-state index in [2.05, 4.69) is 0 Å². The Bertz CT molecular complexity index is 916. The first-order chi connectivity index (χ1) is 11.1. The second-order valence-corrected chi connectivity index (χ2v) is 5.05. The van der Waals surface area contributed by atoms with Gasteiger partial charge in [-0.25, -0.2) is 9.59 Å². The largest absolute Gasteiger partial charge is 0.480 e. The molecule has 0 aliphatic carbocycles. The molecule has 0 saturated heterocycles. The van der Waals surface area contributed by atoms with Crippen LogP contribution in [0, 0.1) is 0 Å². The van der Waals surface area contributed by atoms with Crippen LogP contribution < -0.4 is 15.1 Å². The standard InChI is InChI=1S/C17H11ClO5/c18-13-3-1-2-4-14(13)21-10-17(20)22-12-7-5-11-6-8-16(19)23-15(11)9-12/h1-9H,10H2. The van der Waals surface area contributed by atoms with E-state index < -0.39 is 11.6 Å². The lowest BCUT2D eigenvalue weighted by atomic mass is 10.2. The van der Waals surface area contributed by atoms with Crippen LogP contribution >= 0.6 is 11.6 Å². The van der Waals surface area contributed by atoms with Crippen molar-refractivity contribution < 1.29 is 18.7 Å². The molecule has 3 rings (SSSR count). The number of carbonyl (C=O) groups is 1. The molecule has 1 aromatic heterocycles. The Morgan fingerprint density at radius 2 is 1.87 bits per heavy atom. The molecule has 0 aliphatic heterocycles. The Morgan fingerprint density at radius 3 is 2.70 bits per heavy atom. The predicted molar refractivity (Wildman–Crippen MR) is 85.1 cm³/mol. The maximum absolute atomic E-state index is 11.8. The molecular formula is C17H11ClO5. The number of ether oxygens (including phenoxy) is 2. The highest BCUT2D eigenvalue weighted by atomic mass is 35.5. The molecule has 1 heterocycles. The second-order valence-electron chi connectivity index (χ2n) is 4.65. The van der Waals surface area contributed by atoms with Gasteiger partial charge in [0.25, 0.3) is 0 Å². The van der Waals surface area contributed by atoms with Crippen LogP contribution in [0.1, 0.15) is 0 Å². The Kier molecular flexibility index (Phi) is 4.30. The van der Waals surface area contributed by atoms with Crippen molar-refractivity contribution in [1.82, 2.24) is 0 Å². The second kappa shape index (κ2) is 6.54. The maximum atomic E-state index is 11.8. The summed E-state index contributed by atoms with van der Waals surface area (Å²) < 4.78 is 15.5. The monoisotopic (exact) mass is 330 g/mol. The van der Waals surface area contributed by atoms with Crippen molar-refractivity contribution in [2.45, 2.75) is 0 Å². The van der Waals surface area contributed by atoms with Gasteiger partial charge in [0.2, 0.25) is 0 Å². The van der Waals surface area contributed by atoms with Crippen LogP contribution in [-0.2, 0) is 4.79 Å². The summed E-state index contributed by atoms with van der Waals surface area (Å²) in [7, 11) is 0. The fraction of sp³-hybridized carbons (Fsp3) is 0.0588. The van der Waals surface area contributed by atoms with E-state index in [1.165, 1.54) is 12.1 Å². The summed E-state index contributed by atoms with van der Waals surface area (Å²) in [4.78, 5) is 23.0. The molecule has 0 fully saturated rings. The number of fused-ring (bicyclic) bond motifs is 1. The quantitative estimate of drug-likeness (QED) is 0.416. The van der Waals surface area contributed by atoms with Crippen LogP contribution in [-0.4, -0.2) is 12.6 Å². The fourth-order valence-electron chi connectivity index (χ4n) is 1.96. The van der Waals surface area contributed by atoms with E-state index in [1.54, 1.807) is 42.5 Å². The first-order valence-corrected chi connectivity index (χ1v) is 7.11.